The highest BCUT2D eigenvalue weighted by atomic mass is 32.2. The average molecular weight is 323 g/mol. The van der Waals surface area contributed by atoms with Crippen molar-refractivity contribution in [3.05, 3.63) is 16.8 Å². The first-order valence-corrected chi connectivity index (χ1v) is 8.47. The third kappa shape index (κ3) is 3.19. The van der Waals surface area contributed by atoms with E-state index in [9.17, 15) is 23.7 Å². The molecule has 1 aliphatic heterocycles. The first-order valence-electron chi connectivity index (χ1n) is 6.04. The zero-order chi connectivity index (χ0) is 14.9. The van der Waals surface area contributed by atoms with Crippen LogP contribution in [0.3, 0.4) is 0 Å². The molecule has 1 saturated heterocycles. The Morgan fingerprint density at radius 1 is 1.30 bits per heavy atom. The van der Waals surface area contributed by atoms with Gasteiger partial charge in [0.1, 0.15) is 24.4 Å². The predicted molar refractivity (Wildman–Crippen MR) is 71.9 cm³/mol. The van der Waals surface area contributed by atoms with Crippen molar-refractivity contribution in [1.29, 1.82) is 0 Å². The maximum atomic E-state index is 11.9. The van der Waals surface area contributed by atoms with Gasteiger partial charge in [-0.3, -0.25) is 0 Å². The number of rotatable bonds is 4. The molecule has 0 amide bonds. The summed E-state index contributed by atoms with van der Waals surface area (Å²) in [6.07, 6.45) is -5.53. The molecule has 5 unspecified atom stereocenters. The van der Waals surface area contributed by atoms with E-state index in [4.69, 9.17) is 4.74 Å². The minimum atomic E-state index is -3.66. The lowest BCUT2D eigenvalue weighted by Crippen LogP contribution is -2.59. The normalized spacial score (nSPS) is 35.1. The van der Waals surface area contributed by atoms with E-state index in [0.29, 0.717) is 0 Å². The standard InChI is InChI=1S/C11H17NO6S2/c1-6-9(13)11(15)10(14)8(18-6)4-12-20(16,17)7-2-3-19-5-7/h2-3,5-6,8-15H,4H2,1H3. The molecule has 0 bridgehead atoms. The smallest absolute Gasteiger partial charge is 0.241 e. The van der Waals surface area contributed by atoms with Gasteiger partial charge in [0.25, 0.3) is 0 Å². The van der Waals surface area contributed by atoms with Crippen molar-refractivity contribution in [2.24, 2.45) is 0 Å². The molecule has 5 atom stereocenters. The van der Waals surface area contributed by atoms with Crippen molar-refractivity contribution in [1.82, 2.24) is 4.72 Å². The minimum Gasteiger partial charge on any atom is -0.388 e. The van der Waals surface area contributed by atoms with Gasteiger partial charge in [0.15, 0.2) is 0 Å². The average Bonchev–Trinajstić information content (AvgIpc) is 2.94. The van der Waals surface area contributed by atoms with E-state index in [2.05, 4.69) is 4.72 Å². The highest BCUT2D eigenvalue weighted by Crippen LogP contribution is 2.21. The highest BCUT2D eigenvalue weighted by molar-refractivity contribution is 7.89. The third-order valence-corrected chi connectivity index (χ3v) is 5.48. The van der Waals surface area contributed by atoms with E-state index < -0.39 is 40.5 Å². The number of sulfonamides is 1. The second-order valence-corrected chi connectivity index (χ2v) is 7.21. The quantitative estimate of drug-likeness (QED) is 0.559. The molecule has 0 spiro atoms. The van der Waals surface area contributed by atoms with Crippen molar-refractivity contribution in [3.63, 3.8) is 0 Å². The summed E-state index contributed by atoms with van der Waals surface area (Å²) in [5.74, 6) is 0. The summed E-state index contributed by atoms with van der Waals surface area (Å²) >= 11 is 1.26. The van der Waals surface area contributed by atoms with Crippen molar-refractivity contribution in [3.8, 4) is 0 Å². The Morgan fingerprint density at radius 3 is 2.60 bits per heavy atom. The summed E-state index contributed by atoms with van der Waals surface area (Å²) in [4.78, 5) is 0.140. The lowest BCUT2D eigenvalue weighted by Gasteiger charge is -2.39. The fourth-order valence-electron chi connectivity index (χ4n) is 1.99. The van der Waals surface area contributed by atoms with Gasteiger partial charge in [-0.05, 0) is 18.4 Å². The zero-order valence-electron chi connectivity index (χ0n) is 10.7. The first-order chi connectivity index (χ1) is 9.33. The summed E-state index contributed by atoms with van der Waals surface area (Å²) in [5.41, 5.74) is 0. The van der Waals surface area contributed by atoms with Gasteiger partial charge in [0, 0.05) is 11.9 Å². The summed E-state index contributed by atoms with van der Waals surface area (Å²) < 4.78 is 31.5. The molecule has 4 N–H and O–H groups in total. The molecule has 7 nitrogen and oxygen atoms in total. The highest BCUT2D eigenvalue weighted by Gasteiger charge is 2.41. The number of thiophene rings is 1. The topological polar surface area (TPSA) is 116 Å². The Hall–Kier alpha value is -0.550. The fraction of sp³-hybridized carbons (Fsp3) is 0.636. The number of ether oxygens (including phenoxy) is 1. The number of hydrogen-bond acceptors (Lipinski definition) is 7. The van der Waals surface area contributed by atoms with E-state index in [0.717, 1.165) is 0 Å². The van der Waals surface area contributed by atoms with Crippen LogP contribution in [0.4, 0.5) is 0 Å². The third-order valence-electron chi connectivity index (χ3n) is 3.23. The molecule has 0 radical (unpaired) electrons. The molecular formula is C11H17NO6S2. The van der Waals surface area contributed by atoms with E-state index in [-0.39, 0.29) is 11.4 Å². The van der Waals surface area contributed by atoms with Gasteiger partial charge >= 0.3 is 0 Å². The van der Waals surface area contributed by atoms with E-state index in [1.165, 1.54) is 22.8 Å². The van der Waals surface area contributed by atoms with Crippen LogP contribution in [-0.4, -0.2) is 60.8 Å². The van der Waals surface area contributed by atoms with Crippen LogP contribution in [0, 0.1) is 0 Å². The minimum absolute atomic E-state index is 0.140. The Morgan fingerprint density at radius 2 is 2.00 bits per heavy atom. The number of aliphatic hydroxyl groups is 3. The Bertz CT molecular complexity index is 531. The van der Waals surface area contributed by atoms with Crippen molar-refractivity contribution in [2.45, 2.75) is 42.3 Å². The van der Waals surface area contributed by atoms with Gasteiger partial charge in [-0.1, -0.05) is 0 Å². The molecule has 0 aliphatic carbocycles. The van der Waals surface area contributed by atoms with Crippen LogP contribution in [-0.2, 0) is 14.8 Å². The van der Waals surface area contributed by atoms with Gasteiger partial charge < -0.3 is 20.1 Å². The van der Waals surface area contributed by atoms with Gasteiger partial charge in [-0.25, -0.2) is 13.1 Å². The van der Waals surface area contributed by atoms with Crippen LogP contribution < -0.4 is 4.72 Å². The largest absolute Gasteiger partial charge is 0.388 e. The molecule has 1 aromatic heterocycles. The van der Waals surface area contributed by atoms with Gasteiger partial charge in [0.2, 0.25) is 10.0 Å². The van der Waals surface area contributed by atoms with Crippen molar-refractivity contribution in [2.75, 3.05) is 6.54 Å². The summed E-state index contributed by atoms with van der Waals surface area (Å²) in [7, 11) is -3.66. The van der Waals surface area contributed by atoms with Crippen LogP contribution >= 0.6 is 11.3 Å². The second kappa shape index (κ2) is 6.06. The van der Waals surface area contributed by atoms with Gasteiger partial charge in [0.05, 0.1) is 11.0 Å². The van der Waals surface area contributed by atoms with Crippen LogP contribution in [0.2, 0.25) is 0 Å². The number of aliphatic hydroxyl groups excluding tert-OH is 3. The summed E-state index contributed by atoms with van der Waals surface area (Å²) in [6, 6.07) is 1.46. The molecule has 1 fully saturated rings. The molecule has 114 valence electrons. The van der Waals surface area contributed by atoms with E-state index in [1.54, 1.807) is 12.3 Å². The zero-order valence-corrected chi connectivity index (χ0v) is 12.3. The fourth-order valence-corrected chi connectivity index (χ4v) is 4.06. The molecule has 2 heterocycles. The Kier molecular flexibility index (Phi) is 4.80. The molecule has 1 aliphatic rings. The molecular weight excluding hydrogens is 306 g/mol. The van der Waals surface area contributed by atoms with E-state index >= 15 is 0 Å². The lowest BCUT2D eigenvalue weighted by atomic mass is 9.96. The monoisotopic (exact) mass is 323 g/mol. The van der Waals surface area contributed by atoms with Crippen LogP contribution in [0.1, 0.15) is 6.92 Å². The van der Waals surface area contributed by atoms with Gasteiger partial charge in [-0.15, -0.1) is 0 Å². The lowest BCUT2D eigenvalue weighted by molar-refractivity contribution is -0.214. The molecule has 9 heteroatoms. The second-order valence-electron chi connectivity index (χ2n) is 4.66. The van der Waals surface area contributed by atoms with E-state index in [1.807, 2.05) is 0 Å². The van der Waals surface area contributed by atoms with Crippen molar-refractivity contribution < 1.29 is 28.5 Å². The number of hydrogen-bond donors (Lipinski definition) is 4. The molecule has 0 aromatic carbocycles. The number of nitrogens with one attached hydrogen (secondary N) is 1. The van der Waals surface area contributed by atoms with Crippen molar-refractivity contribution >= 4 is 21.4 Å². The molecule has 0 saturated carbocycles. The first kappa shape index (κ1) is 15.8. The predicted octanol–water partition coefficient (Wildman–Crippen LogP) is -1.10. The van der Waals surface area contributed by atoms with Crippen LogP contribution in [0.5, 0.6) is 0 Å². The summed E-state index contributed by atoms with van der Waals surface area (Å²) in [6.45, 7) is 1.35. The van der Waals surface area contributed by atoms with Crippen LogP contribution in [0.15, 0.2) is 21.7 Å². The maximum absolute atomic E-state index is 11.9. The Labute approximate surface area is 120 Å². The summed E-state index contributed by atoms with van der Waals surface area (Å²) in [5, 5.41) is 32.1. The van der Waals surface area contributed by atoms with Crippen LogP contribution in [0.25, 0.3) is 0 Å². The molecule has 1 aromatic rings. The SMILES string of the molecule is CC1OC(CNS(=O)(=O)c2ccsc2)C(O)C(O)C1O. The Balaban J connectivity index is 2.00. The molecule has 2 rings (SSSR count). The van der Waals surface area contributed by atoms with Gasteiger partial charge in [-0.2, -0.15) is 11.3 Å². The molecule has 20 heavy (non-hydrogen) atoms. The maximum Gasteiger partial charge on any atom is 0.241 e.